The first kappa shape index (κ1) is 13.7. The Morgan fingerprint density at radius 2 is 1.48 bits per heavy atom. The maximum absolute atomic E-state index is 13.2. The van der Waals surface area contributed by atoms with Crippen LogP contribution in [0.5, 0.6) is 0 Å². The Balaban J connectivity index is 1.89. The van der Waals surface area contributed by atoms with Gasteiger partial charge >= 0.3 is 0 Å². The second-order valence-electron chi connectivity index (χ2n) is 5.51. The topological polar surface area (TPSA) is 17.8 Å². The normalized spacial score (nSPS) is 11.0. The molecule has 0 N–H and O–H groups in total. The fourth-order valence-electron chi connectivity index (χ4n) is 2.84. The molecule has 3 heteroatoms. The largest absolute Gasteiger partial charge is 0.236 e. The number of benzene rings is 3. The minimum atomic E-state index is -0.241. The highest BCUT2D eigenvalue weighted by Crippen LogP contribution is 2.24. The predicted octanol–water partition coefficient (Wildman–Crippen LogP) is 4.76. The van der Waals surface area contributed by atoms with Gasteiger partial charge in [0.25, 0.3) is 0 Å². The van der Waals surface area contributed by atoms with Crippen molar-refractivity contribution in [3.63, 3.8) is 0 Å². The molecule has 0 aliphatic carbocycles. The van der Waals surface area contributed by atoms with Crippen LogP contribution in [-0.4, -0.2) is 9.78 Å². The number of hydrogen-bond acceptors (Lipinski definition) is 1. The molecule has 0 bridgehead atoms. The van der Waals surface area contributed by atoms with Crippen LogP contribution in [0.2, 0.25) is 0 Å². The van der Waals surface area contributed by atoms with Crippen LogP contribution in [0.4, 0.5) is 4.39 Å². The first-order valence-corrected chi connectivity index (χ1v) is 7.58. The quantitative estimate of drug-likeness (QED) is 0.534. The van der Waals surface area contributed by atoms with Crippen molar-refractivity contribution in [2.24, 2.45) is 0 Å². The summed E-state index contributed by atoms with van der Waals surface area (Å²) < 4.78 is 15.1. The Hall–Kier alpha value is -2.94. The van der Waals surface area contributed by atoms with E-state index >= 15 is 0 Å². The van der Waals surface area contributed by atoms with Gasteiger partial charge in [-0.2, -0.15) is 5.10 Å². The zero-order valence-corrected chi connectivity index (χ0v) is 12.5. The second kappa shape index (κ2) is 5.69. The van der Waals surface area contributed by atoms with E-state index in [1.165, 1.54) is 17.7 Å². The summed E-state index contributed by atoms with van der Waals surface area (Å²) in [5, 5.41) is 5.83. The van der Waals surface area contributed by atoms with Crippen LogP contribution in [0, 0.1) is 5.82 Å². The van der Waals surface area contributed by atoms with Crippen molar-refractivity contribution in [3.8, 4) is 5.69 Å². The number of nitrogens with zero attached hydrogens (tertiary/aromatic N) is 2. The number of rotatable bonds is 3. The van der Waals surface area contributed by atoms with Gasteiger partial charge < -0.3 is 0 Å². The molecular formula is C20H15FN2. The molecule has 0 saturated heterocycles. The molecule has 0 radical (unpaired) electrons. The van der Waals surface area contributed by atoms with Gasteiger partial charge in [0.1, 0.15) is 5.82 Å². The van der Waals surface area contributed by atoms with E-state index in [2.05, 4.69) is 18.2 Å². The van der Waals surface area contributed by atoms with Gasteiger partial charge in [0.05, 0.1) is 16.9 Å². The number of halogens is 1. The molecule has 0 spiro atoms. The Bertz CT molecular complexity index is 940. The number of aromatic nitrogens is 2. The Morgan fingerprint density at radius 1 is 0.783 bits per heavy atom. The monoisotopic (exact) mass is 302 g/mol. The van der Waals surface area contributed by atoms with Crippen molar-refractivity contribution >= 4 is 10.9 Å². The summed E-state index contributed by atoms with van der Waals surface area (Å²) >= 11 is 0. The SMILES string of the molecule is Fc1ccc(-n2nc3ccccc3c2Cc2ccccc2)cc1. The van der Waals surface area contributed by atoms with Crippen molar-refractivity contribution in [2.45, 2.75) is 6.42 Å². The average molecular weight is 302 g/mol. The molecule has 2 nitrogen and oxygen atoms in total. The van der Waals surface area contributed by atoms with E-state index in [-0.39, 0.29) is 5.82 Å². The fourth-order valence-corrected chi connectivity index (χ4v) is 2.84. The molecule has 23 heavy (non-hydrogen) atoms. The highest BCUT2D eigenvalue weighted by Gasteiger charge is 2.13. The summed E-state index contributed by atoms with van der Waals surface area (Å²) in [6, 6.07) is 24.8. The Kier molecular flexibility index (Phi) is 3.39. The molecule has 4 aromatic rings. The molecule has 0 saturated carbocycles. The van der Waals surface area contributed by atoms with Crippen molar-refractivity contribution < 1.29 is 4.39 Å². The van der Waals surface area contributed by atoms with E-state index in [1.807, 2.05) is 41.1 Å². The molecule has 112 valence electrons. The lowest BCUT2D eigenvalue weighted by atomic mass is 10.1. The molecule has 0 aliphatic rings. The standard InChI is InChI=1S/C20H15FN2/c21-16-10-12-17(13-11-16)23-20(14-15-6-2-1-3-7-15)18-8-4-5-9-19(18)22-23/h1-13H,14H2. The molecule has 4 rings (SSSR count). The van der Waals surface area contributed by atoms with Gasteiger partial charge in [-0.05, 0) is 35.9 Å². The summed E-state index contributed by atoms with van der Waals surface area (Å²) in [7, 11) is 0. The van der Waals surface area contributed by atoms with Crippen LogP contribution in [0.25, 0.3) is 16.6 Å². The van der Waals surface area contributed by atoms with Crippen LogP contribution in [0.1, 0.15) is 11.3 Å². The summed E-state index contributed by atoms with van der Waals surface area (Å²) in [5.41, 5.74) is 4.15. The molecule has 0 amide bonds. The molecule has 0 aliphatic heterocycles. The lowest BCUT2D eigenvalue weighted by Crippen LogP contribution is -2.03. The molecule has 0 atom stereocenters. The van der Waals surface area contributed by atoms with Gasteiger partial charge in [-0.1, -0.05) is 48.5 Å². The third-order valence-corrected chi connectivity index (χ3v) is 3.96. The minimum absolute atomic E-state index is 0.241. The molecule has 1 aromatic heterocycles. The zero-order chi connectivity index (χ0) is 15.6. The average Bonchev–Trinajstić information content (AvgIpc) is 2.95. The summed E-state index contributed by atoms with van der Waals surface area (Å²) in [6.07, 6.45) is 0.777. The zero-order valence-electron chi connectivity index (χ0n) is 12.5. The molecule has 1 heterocycles. The van der Waals surface area contributed by atoms with Gasteiger partial charge in [0.15, 0.2) is 0 Å². The highest BCUT2D eigenvalue weighted by molar-refractivity contribution is 5.82. The van der Waals surface area contributed by atoms with Crippen LogP contribution >= 0.6 is 0 Å². The summed E-state index contributed by atoms with van der Waals surface area (Å²) in [4.78, 5) is 0. The smallest absolute Gasteiger partial charge is 0.123 e. The lowest BCUT2D eigenvalue weighted by molar-refractivity contribution is 0.627. The molecular weight excluding hydrogens is 287 g/mol. The van der Waals surface area contributed by atoms with E-state index in [9.17, 15) is 4.39 Å². The van der Waals surface area contributed by atoms with Gasteiger partial charge in [-0.3, -0.25) is 0 Å². The Labute approximate surface area is 133 Å². The van der Waals surface area contributed by atoms with Gasteiger partial charge in [-0.25, -0.2) is 9.07 Å². The summed E-state index contributed by atoms with van der Waals surface area (Å²) in [6.45, 7) is 0. The van der Waals surface area contributed by atoms with Crippen molar-refractivity contribution in [1.82, 2.24) is 9.78 Å². The third-order valence-electron chi connectivity index (χ3n) is 3.96. The maximum Gasteiger partial charge on any atom is 0.123 e. The van der Waals surface area contributed by atoms with Crippen LogP contribution in [-0.2, 0) is 6.42 Å². The molecule has 0 fully saturated rings. The second-order valence-corrected chi connectivity index (χ2v) is 5.51. The van der Waals surface area contributed by atoms with Crippen molar-refractivity contribution in [3.05, 3.63) is 95.9 Å². The first-order valence-electron chi connectivity index (χ1n) is 7.58. The van der Waals surface area contributed by atoms with E-state index in [0.717, 1.165) is 28.7 Å². The maximum atomic E-state index is 13.2. The van der Waals surface area contributed by atoms with Crippen LogP contribution in [0.15, 0.2) is 78.9 Å². The van der Waals surface area contributed by atoms with Crippen molar-refractivity contribution in [2.75, 3.05) is 0 Å². The van der Waals surface area contributed by atoms with E-state index in [4.69, 9.17) is 5.10 Å². The van der Waals surface area contributed by atoms with Crippen LogP contribution in [0.3, 0.4) is 0 Å². The van der Waals surface area contributed by atoms with Gasteiger partial charge in [0, 0.05) is 11.8 Å². The van der Waals surface area contributed by atoms with Crippen LogP contribution < -0.4 is 0 Å². The number of fused-ring (bicyclic) bond motifs is 1. The number of hydrogen-bond donors (Lipinski definition) is 0. The van der Waals surface area contributed by atoms with Gasteiger partial charge in [0.2, 0.25) is 0 Å². The van der Waals surface area contributed by atoms with E-state index in [1.54, 1.807) is 12.1 Å². The van der Waals surface area contributed by atoms with Crippen molar-refractivity contribution in [1.29, 1.82) is 0 Å². The van der Waals surface area contributed by atoms with Gasteiger partial charge in [-0.15, -0.1) is 0 Å². The van der Waals surface area contributed by atoms with E-state index in [0.29, 0.717) is 0 Å². The molecule has 3 aromatic carbocycles. The third kappa shape index (κ3) is 2.61. The van der Waals surface area contributed by atoms with E-state index < -0.39 is 0 Å². The Morgan fingerprint density at radius 3 is 2.26 bits per heavy atom. The fraction of sp³-hybridized carbons (Fsp3) is 0.0500. The highest BCUT2D eigenvalue weighted by atomic mass is 19.1. The minimum Gasteiger partial charge on any atom is -0.236 e. The molecule has 0 unspecified atom stereocenters. The summed E-state index contributed by atoms with van der Waals surface area (Å²) in [5.74, 6) is -0.241. The predicted molar refractivity (Wildman–Crippen MR) is 90.3 cm³/mol. The first-order chi connectivity index (χ1) is 11.3. The lowest BCUT2D eigenvalue weighted by Gasteiger charge is -2.08.